The second kappa shape index (κ2) is 5.15. The molecule has 0 saturated carbocycles. The molecule has 2 heteroatoms. The number of allylic oxidation sites excluding steroid dienone is 1. The average molecular weight is 216 g/mol. The molecule has 86 valence electrons. The molecule has 0 fully saturated rings. The van der Waals surface area contributed by atoms with Crippen molar-refractivity contribution in [2.75, 3.05) is 11.9 Å². The predicted molar refractivity (Wildman–Crippen MR) is 68.4 cm³/mol. The van der Waals surface area contributed by atoms with Crippen molar-refractivity contribution in [2.24, 2.45) is 11.8 Å². The Balaban J connectivity index is 1.94. The van der Waals surface area contributed by atoms with Gasteiger partial charge < -0.3 is 5.32 Å². The van der Waals surface area contributed by atoms with E-state index in [1.54, 1.807) is 6.20 Å². The summed E-state index contributed by atoms with van der Waals surface area (Å²) in [5.41, 5.74) is 2.66. The average Bonchev–Trinajstić information content (AvgIpc) is 2.30. The number of hydrogen-bond donors (Lipinski definition) is 1. The fourth-order valence-electron chi connectivity index (χ4n) is 2.43. The number of nitrogens with one attached hydrogen (secondary N) is 1. The first-order chi connectivity index (χ1) is 7.77. The van der Waals surface area contributed by atoms with Gasteiger partial charge in [0.2, 0.25) is 0 Å². The van der Waals surface area contributed by atoms with Crippen LogP contribution in [0.25, 0.3) is 0 Å². The highest BCUT2D eigenvalue weighted by molar-refractivity contribution is 5.40. The summed E-state index contributed by atoms with van der Waals surface area (Å²) in [6.45, 7) is 5.63. The minimum atomic E-state index is 0.675. The lowest BCUT2D eigenvalue weighted by Crippen LogP contribution is -2.24. The van der Waals surface area contributed by atoms with Gasteiger partial charge in [0.05, 0.1) is 5.69 Å². The largest absolute Gasteiger partial charge is 0.383 e. The van der Waals surface area contributed by atoms with Crippen LogP contribution in [-0.2, 0) is 0 Å². The summed E-state index contributed by atoms with van der Waals surface area (Å²) in [5, 5.41) is 3.47. The molecule has 2 rings (SSSR count). The zero-order chi connectivity index (χ0) is 11.4. The molecule has 1 aliphatic carbocycles. The molecule has 0 unspecified atom stereocenters. The first-order valence-electron chi connectivity index (χ1n) is 6.08. The van der Waals surface area contributed by atoms with Crippen molar-refractivity contribution < 1.29 is 0 Å². The maximum atomic E-state index is 4.11. The third-order valence-electron chi connectivity index (χ3n) is 3.55. The molecule has 1 aliphatic rings. The highest BCUT2D eigenvalue weighted by Crippen LogP contribution is 2.30. The lowest BCUT2D eigenvalue weighted by atomic mass is 9.80. The second-order valence-corrected chi connectivity index (χ2v) is 4.73. The Morgan fingerprint density at radius 1 is 1.50 bits per heavy atom. The van der Waals surface area contributed by atoms with Crippen molar-refractivity contribution in [1.82, 2.24) is 4.98 Å². The van der Waals surface area contributed by atoms with E-state index in [4.69, 9.17) is 0 Å². The maximum Gasteiger partial charge on any atom is 0.0526 e. The van der Waals surface area contributed by atoms with Gasteiger partial charge in [0.15, 0.2) is 0 Å². The minimum Gasteiger partial charge on any atom is -0.383 e. The molecule has 1 heterocycles. The van der Waals surface area contributed by atoms with Crippen LogP contribution in [0.2, 0.25) is 0 Å². The Labute approximate surface area is 97.8 Å². The van der Waals surface area contributed by atoms with Crippen LogP contribution in [0.15, 0.2) is 36.2 Å². The van der Waals surface area contributed by atoms with Gasteiger partial charge in [-0.05, 0) is 43.7 Å². The van der Waals surface area contributed by atoms with Crippen molar-refractivity contribution in [2.45, 2.75) is 26.7 Å². The smallest absolute Gasteiger partial charge is 0.0526 e. The fourth-order valence-corrected chi connectivity index (χ4v) is 2.43. The Hall–Kier alpha value is -1.31. The molecule has 1 N–H and O–H groups in total. The van der Waals surface area contributed by atoms with Crippen LogP contribution in [0, 0.1) is 11.8 Å². The van der Waals surface area contributed by atoms with Crippen molar-refractivity contribution in [3.05, 3.63) is 36.2 Å². The molecule has 0 aromatic carbocycles. The number of rotatable bonds is 3. The predicted octanol–water partition coefficient (Wildman–Crippen LogP) is 3.49. The molecule has 1 aromatic rings. The van der Waals surface area contributed by atoms with E-state index in [0.29, 0.717) is 5.92 Å². The van der Waals surface area contributed by atoms with Crippen LogP contribution in [-0.4, -0.2) is 11.5 Å². The highest BCUT2D eigenvalue weighted by atomic mass is 14.9. The first kappa shape index (κ1) is 11.2. The van der Waals surface area contributed by atoms with E-state index in [9.17, 15) is 0 Å². The zero-order valence-corrected chi connectivity index (χ0v) is 10.1. The molecule has 0 radical (unpaired) electrons. The minimum absolute atomic E-state index is 0.675. The van der Waals surface area contributed by atoms with Crippen LogP contribution in [0.3, 0.4) is 0 Å². The monoisotopic (exact) mass is 216 g/mol. The summed E-state index contributed by atoms with van der Waals surface area (Å²) < 4.78 is 0. The molecule has 0 aliphatic heterocycles. The number of hydrogen-bond acceptors (Lipinski definition) is 2. The van der Waals surface area contributed by atoms with Gasteiger partial charge in [0.1, 0.15) is 0 Å². The van der Waals surface area contributed by atoms with Gasteiger partial charge in [-0.1, -0.05) is 18.6 Å². The van der Waals surface area contributed by atoms with Gasteiger partial charge in [-0.3, -0.25) is 4.98 Å². The van der Waals surface area contributed by atoms with Crippen LogP contribution < -0.4 is 5.32 Å². The number of pyridine rings is 1. The summed E-state index contributed by atoms with van der Waals surface area (Å²) >= 11 is 0. The maximum absolute atomic E-state index is 4.11. The van der Waals surface area contributed by atoms with E-state index in [0.717, 1.165) is 18.2 Å². The van der Waals surface area contributed by atoms with E-state index in [1.807, 2.05) is 12.3 Å². The van der Waals surface area contributed by atoms with Crippen LogP contribution >= 0.6 is 0 Å². The van der Waals surface area contributed by atoms with Gasteiger partial charge in [-0.2, -0.15) is 0 Å². The van der Waals surface area contributed by atoms with E-state index in [1.165, 1.54) is 18.4 Å². The van der Waals surface area contributed by atoms with Crippen molar-refractivity contribution in [3.63, 3.8) is 0 Å². The Bertz CT molecular complexity index is 356. The molecule has 1 aromatic heterocycles. The summed E-state index contributed by atoms with van der Waals surface area (Å²) in [7, 11) is 0. The molecule has 16 heavy (non-hydrogen) atoms. The Morgan fingerprint density at radius 3 is 3.06 bits per heavy atom. The summed E-state index contributed by atoms with van der Waals surface area (Å²) in [5.74, 6) is 1.46. The van der Waals surface area contributed by atoms with Crippen molar-refractivity contribution in [1.29, 1.82) is 0 Å². The standard InChI is InChI=1S/C14H20N2/c1-11-5-3-6-12(2)14(11)10-16-13-7-4-8-15-9-13/h4-5,7-9,12,14,16H,3,6,10H2,1-2H3/t12-,14+/m0/s1. The van der Waals surface area contributed by atoms with Crippen LogP contribution in [0.5, 0.6) is 0 Å². The van der Waals surface area contributed by atoms with E-state index < -0.39 is 0 Å². The lowest BCUT2D eigenvalue weighted by Gasteiger charge is -2.29. The summed E-state index contributed by atoms with van der Waals surface area (Å²) in [6, 6.07) is 4.04. The Kier molecular flexibility index (Phi) is 3.60. The molecule has 0 bridgehead atoms. The van der Waals surface area contributed by atoms with Gasteiger partial charge >= 0.3 is 0 Å². The van der Waals surface area contributed by atoms with E-state index in [2.05, 4.69) is 36.3 Å². The number of anilines is 1. The van der Waals surface area contributed by atoms with E-state index in [-0.39, 0.29) is 0 Å². The zero-order valence-electron chi connectivity index (χ0n) is 10.1. The van der Waals surface area contributed by atoms with Crippen LogP contribution in [0.1, 0.15) is 26.7 Å². The van der Waals surface area contributed by atoms with Gasteiger partial charge in [-0.15, -0.1) is 0 Å². The number of aromatic nitrogens is 1. The normalized spacial score (nSPS) is 25.0. The third-order valence-corrected chi connectivity index (χ3v) is 3.55. The van der Waals surface area contributed by atoms with Crippen LogP contribution in [0.4, 0.5) is 5.69 Å². The molecule has 0 saturated heterocycles. The Morgan fingerprint density at radius 2 is 2.38 bits per heavy atom. The van der Waals surface area contributed by atoms with Crippen molar-refractivity contribution in [3.8, 4) is 0 Å². The van der Waals surface area contributed by atoms with Gasteiger partial charge in [-0.25, -0.2) is 0 Å². The first-order valence-corrected chi connectivity index (χ1v) is 6.08. The van der Waals surface area contributed by atoms with Crippen molar-refractivity contribution >= 4 is 5.69 Å². The molecule has 2 nitrogen and oxygen atoms in total. The van der Waals surface area contributed by atoms with Gasteiger partial charge in [0.25, 0.3) is 0 Å². The summed E-state index contributed by atoms with van der Waals surface area (Å²) in [4.78, 5) is 4.11. The van der Waals surface area contributed by atoms with Gasteiger partial charge in [0, 0.05) is 18.9 Å². The van der Waals surface area contributed by atoms with E-state index >= 15 is 0 Å². The SMILES string of the molecule is CC1=CCC[C@H](C)[C@@H]1CNc1cccnc1. The molecule has 2 atom stereocenters. The molecular formula is C14H20N2. The fraction of sp³-hybridized carbons (Fsp3) is 0.500. The highest BCUT2D eigenvalue weighted by Gasteiger charge is 2.21. The molecule has 0 amide bonds. The third kappa shape index (κ3) is 2.63. The topological polar surface area (TPSA) is 24.9 Å². The quantitative estimate of drug-likeness (QED) is 0.782. The second-order valence-electron chi connectivity index (χ2n) is 4.73. The summed E-state index contributed by atoms with van der Waals surface area (Å²) in [6.07, 6.45) is 8.63. The molecular weight excluding hydrogens is 196 g/mol. The number of nitrogens with zero attached hydrogens (tertiary/aromatic N) is 1. The molecule has 0 spiro atoms. The lowest BCUT2D eigenvalue weighted by molar-refractivity contribution is 0.381.